The van der Waals surface area contributed by atoms with E-state index in [2.05, 4.69) is 18.9 Å². The summed E-state index contributed by atoms with van der Waals surface area (Å²) in [6.07, 6.45) is 0.855. The van der Waals surface area contributed by atoms with Crippen molar-refractivity contribution >= 4 is 5.97 Å². The highest BCUT2D eigenvalue weighted by molar-refractivity contribution is 5.67. The van der Waals surface area contributed by atoms with Gasteiger partial charge in [0.1, 0.15) is 0 Å². The zero-order valence-electron chi connectivity index (χ0n) is 10.6. The molecule has 0 N–H and O–H groups in total. The molecule has 3 nitrogen and oxygen atoms in total. The molecule has 2 atom stereocenters. The lowest BCUT2D eigenvalue weighted by atomic mass is 9.87. The molecule has 0 saturated carbocycles. The summed E-state index contributed by atoms with van der Waals surface area (Å²) in [5.41, 5.74) is 0.606. The largest absolute Gasteiger partial charge is 0.453 e. The topological polar surface area (TPSA) is 29.5 Å². The van der Waals surface area contributed by atoms with Crippen LogP contribution in [0.25, 0.3) is 0 Å². The van der Waals surface area contributed by atoms with Gasteiger partial charge in [0.2, 0.25) is 0 Å². The summed E-state index contributed by atoms with van der Waals surface area (Å²) in [6, 6.07) is 10.2. The monoisotopic (exact) mass is 233 g/mol. The first-order valence-electron chi connectivity index (χ1n) is 6.01. The number of benzene rings is 1. The fraction of sp³-hybridized carbons (Fsp3) is 0.500. The van der Waals surface area contributed by atoms with Gasteiger partial charge < -0.3 is 4.74 Å². The first-order chi connectivity index (χ1) is 8.06. The maximum absolute atomic E-state index is 11.4. The van der Waals surface area contributed by atoms with E-state index in [4.69, 9.17) is 4.74 Å². The Morgan fingerprint density at radius 1 is 1.41 bits per heavy atom. The lowest BCUT2D eigenvalue weighted by Gasteiger charge is -2.34. The first kappa shape index (κ1) is 12.1. The van der Waals surface area contributed by atoms with Gasteiger partial charge in [0.25, 0.3) is 0 Å². The van der Waals surface area contributed by atoms with Gasteiger partial charge in [0, 0.05) is 19.9 Å². The van der Waals surface area contributed by atoms with Gasteiger partial charge in [0.05, 0.1) is 6.04 Å². The van der Waals surface area contributed by atoms with E-state index in [-0.39, 0.29) is 12.0 Å². The van der Waals surface area contributed by atoms with Gasteiger partial charge in [-0.25, -0.2) is 0 Å². The van der Waals surface area contributed by atoms with E-state index in [1.807, 2.05) is 30.3 Å². The summed E-state index contributed by atoms with van der Waals surface area (Å²) in [7, 11) is 2.07. The molecule has 1 fully saturated rings. The van der Waals surface area contributed by atoms with Crippen molar-refractivity contribution in [2.45, 2.75) is 31.9 Å². The molecule has 1 aromatic rings. The van der Waals surface area contributed by atoms with Gasteiger partial charge in [-0.2, -0.15) is 0 Å². The molecule has 0 bridgehead atoms. The molecule has 2 rings (SSSR count). The molecule has 1 aliphatic heterocycles. The highest BCUT2D eigenvalue weighted by Gasteiger charge is 2.47. The summed E-state index contributed by atoms with van der Waals surface area (Å²) in [4.78, 5) is 13.6. The molecule has 0 radical (unpaired) electrons. The number of nitrogens with zero attached hydrogens (tertiary/aromatic N) is 1. The molecule has 0 unspecified atom stereocenters. The Morgan fingerprint density at radius 3 is 2.53 bits per heavy atom. The van der Waals surface area contributed by atoms with Crippen LogP contribution in [0.1, 0.15) is 25.8 Å². The Morgan fingerprint density at radius 2 is 2.06 bits per heavy atom. The zero-order chi connectivity index (χ0) is 12.5. The first-order valence-corrected chi connectivity index (χ1v) is 6.01. The summed E-state index contributed by atoms with van der Waals surface area (Å²) in [5, 5.41) is 0. The highest BCUT2D eigenvalue weighted by Crippen LogP contribution is 2.40. The van der Waals surface area contributed by atoms with E-state index in [1.54, 1.807) is 0 Å². The molecular weight excluding hydrogens is 214 g/mol. The van der Waals surface area contributed by atoms with Crippen LogP contribution in [0.5, 0.6) is 0 Å². The third-order valence-corrected chi connectivity index (χ3v) is 3.76. The second-order valence-corrected chi connectivity index (χ2v) is 4.76. The van der Waals surface area contributed by atoms with Crippen molar-refractivity contribution in [3.05, 3.63) is 35.9 Å². The maximum Gasteiger partial charge on any atom is 0.303 e. The Bertz CT molecular complexity index is 404. The molecule has 0 amide bonds. The molecule has 1 saturated heterocycles. The van der Waals surface area contributed by atoms with Crippen LogP contribution in [0.15, 0.2) is 30.3 Å². The Hall–Kier alpha value is -1.35. The highest BCUT2D eigenvalue weighted by atomic mass is 16.6. The van der Waals surface area contributed by atoms with E-state index in [1.165, 1.54) is 6.92 Å². The number of esters is 1. The van der Waals surface area contributed by atoms with Crippen LogP contribution in [0.4, 0.5) is 0 Å². The fourth-order valence-electron chi connectivity index (χ4n) is 2.66. The molecule has 92 valence electrons. The molecule has 0 aromatic heterocycles. The maximum atomic E-state index is 11.4. The SMILES string of the molecule is CC(=O)O[C@@]1(c2ccccc2)CCN(C)[C@@H]1C. The minimum absolute atomic E-state index is 0.203. The summed E-state index contributed by atoms with van der Waals surface area (Å²) >= 11 is 0. The van der Waals surface area contributed by atoms with Gasteiger partial charge in [-0.3, -0.25) is 9.69 Å². The molecule has 1 aliphatic rings. The van der Waals surface area contributed by atoms with Crippen molar-refractivity contribution in [3.63, 3.8) is 0 Å². The summed E-state index contributed by atoms with van der Waals surface area (Å²) in [5.74, 6) is -0.212. The molecule has 1 heterocycles. The Kier molecular flexibility index (Phi) is 3.20. The van der Waals surface area contributed by atoms with Crippen molar-refractivity contribution in [1.82, 2.24) is 4.90 Å². The minimum Gasteiger partial charge on any atom is -0.453 e. The lowest BCUT2D eigenvalue weighted by Crippen LogP contribution is -2.42. The normalized spacial score (nSPS) is 29.2. The van der Waals surface area contributed by atoms with Crippen molar-refractivity contribution in [3.8, 4) is 0 Å². The number of ether oxygens (including phenoxy) is 1. The second-order valence-electron chi connectivity index (χ2n) is 4.76. The zero-order valence-corrected chi connectivity index (χ0v) is 10.6. The van der Waals surface area contributed by atoms with Crippen molar-refractivity contribution in [2.24, 2.45) is 0 Å². The molecular formula is C14H19NO2. The van der Waals surface area contributed by atoms with Crippen LogP contribution in [0.2, 0.25) is 0 Å². The number of hydrogen-bond donors (Lipinski definition) is 0. The number of carbonyl (C=O) groups is 1. The lowest BCUT2D eigenvalue weighted by molar-refractivity contribution is -0.160. The van der Waals surface area contributed by atoms with Crippen LogP contribution in [0.3, 0.4) is 0 Å². The van der Waals surface area contributed by atoms with Crippen LogP contribution >= 0.6 is 0 Å². The number of likely N-dealkylation sites (N-methyl/N-ethyl adjacent to an activating group) is 1. The molecule has 17 heavy (non-hydrogen) atoms. The number of hydrogen-bond acceptors (Lipinski definition) is 3. The van der Waals surface area contributed by atoms with Gasteiger partial charge in [-0.15, -0.1) is 0 Å². The second kappa shape index (κ2) is 4.49. The number of likely N-dealkylation sites (tertiary alicyclic amines) is 1. The average Bonchev–Trinajstić information content (AvgIpc) is 2.59. The minimum atomic E-state index is -0.484. The molecule has 0 spiro atoms. The van der Waals surface area contributed by atoms with Gasteiger partial charge in [-0.1, -0.05) is 30.3 Å². The van der Waals surface area contributed by atoms with Crippen molar-refractivity contribution < 1.29 is 9.53 Å². The third-order valence-electron chi connectivity index (χ3n) is 3.76. The standard InChI is InChI=1S/C14H19NO2/c1-11-14(17-12(2)16,9-10-15(11)3)13-7-5-4-6-8-13/h4-8,11H,9-10H2,1-3H3/t11-,14+/m1/s1. The summed E-state index contributed by atoms with van der Waals surface area (Å²) in [6.45, 7) is 4.54. The smallest absolute Gasteiger partial charge is 0.303 e. The van der Waals surface area contributed by atoms with Crippen LogP contribution < -0.4 is 0 Å². The van der Waals surface area contributed by atoms with Gasteiger partial charge >= 0.3 is 5.97 Å². The van der Waals surface area contributed by atoms with Crippen molar-refractivity contribution in [1.29, 1.82) is 0 Å². The fourth-order valence-corrected chi connectivity index (χ4v) is 2.66. The van der Waals surface area contributed by atoms with Crippen LogP contribution in [0, 0.1) is 0 Å². The van der Waals surface area contributed by atoms with Gasteiger partial charge in [0.15, 0.2) is 5.60 Å². The predicted octanol–water partition coefficient (Wildman–Crippen LogP) is 2.17. The Balaban J connectivity index is 2.41. The number of carbonyl (C=O) groups excluding carboxylic acids is 1. The van der Waals surface area contributed by atoms with E-state index in [9.17, 15) is 4.79 Å². The average molecular weight is 233 g/mol. The van der Waals surface area contributed by atoms with E-state index in [0.29, 0.717) is 0 Å². The van der Waals surface area contributed by atoms with Crippen LogP contribution in [-0.2, 0) is 15.1 Å². The van der Waals surface area contributed by atoms with E-state index < -0.39 is 5.60 Å². The van der Waals surface area contributed by atoms with Crippen LogP contribution in [-0.4, -0.2) is 30.5 Å². The van der Waals surface area contributed by atoms with Gasteiger partial charge in [-0.05, 0) is 19.5 Å². The van der Waals surface area contributed by atoms with Crippen molar-refractivity contribution in [2.75, 3.05) is 13.6 Å². The Labute approximate surface area is 102 Å². The van der Waals surface area contributed by atoms with E-state index in [0.717, 1.165) is 18.5 Å². The third kappa shape index (κ3) is 2.07. The predicted molar refractivity (Wildman–Crippen MR) is 66.6 cm³/mol. The molecule has 3 heteroatoms. The molecule has 1 aromatic carbocycles. The quantitative estimate of drug-likeness (QED) is 0.733. The number of rotatable bonds is 2. The summed E-state index contributed by atoms with van der Waals surface area (Å²) < 4.78 is 5.69. The van der Waals surface area contributed by atoms with E-state index >= 15 is 0 Å². The molecule has 0 aliphatic carbocycles.